The van der Waals surface area contributed by atoms with Gasteiger partial charge in [-0.3, -0.25) is 0 Å². The van der Waals surface area contributed by atoms with Crippen LogP contribution in [0.15, 0.2) is 0 Å². The summed E-state index contributed by atoms with van der Waals surface area (Å²) in [6.07, 6.45) is 0. The fourth-order valence-electron chi connectivity index (χ4n) is 0.768. The first-order chi connectivity index (χ1) is 4.30. The SMILES string of the molecule is CC.CC1COCC1C. The van der Waals surface area contributed by atoms with E-state index in [9.17, 15) is 0 Å². The largest absolute Gasteiger partial charge is 0.381 e. The molecule has 1 aliphatic heterocycles. The monoisotopic (exact) mass is 130 g/mol. The lowest BCUT2D eigenvalue weighted by Crippen LogP contribution is -2.01. The first-order valence-electron chi connectivity index (χ1n) is 3.88. The molecule has 1 aliphatic rings. The Bertz CT molecular complexity index is 53.6. The lowest BCUT2D eigenvalue weighted by molar-refractivity contribution is 0.183. The first kappa shape index (κ1) is 8.96. The second-order valence-corrected chi connectivity index (χ2v) is 2.49. The Labute approximate surface area is 58.4 Å². The maximum absolute atomic E-state index is 5.17. The Hall–Kier alpha value is -0.0400. The summed E-state index contributed by atoms with van der Waals surface area (Å²) < 4.78 is 5.17. The van der Waals surface area contributed by atoms with Gasteiger partial charge in [0.05, 0.1) is 0 Å². The molecule has 56 valence electrons. The highest BCUT2D eigenvalue weighted by atomic mass is 16.5. The Morgan fingerprint density at radius 1 is 1.00 bits per heavy atom. The standard InChI is InChI=1S/C6H12O.C2H6/c1-5-3-7-4-6(5)2;1-2/h5-6H,3-4H2,1-2H3;1-2H3. The van der Waals surface area contributed by atoms with E-state index in [1.807, 2.05) is 13.8 Å². The van der Waals surface area contributed by atoms with Gasteiger partial charge >= 0.3 is 0 Å². The van der Waals surface area contributed by atoms with Crippen molar-refractivity contribution in [3.63, 3.8) is 0 Å². The van der Waals surface area contributed by atoms with Crippen LogP contribution in [0, 0.1) is 11.8 Å². The molecule has 1 nitrogen and oxygen atoms in total. The topological polar surface area (TPSA) is 9.23 Å². The fraction of sp³-hybridized carbons (Fsp3) is 1.00. The van der Waals surface area contributed by atoms with E-state index < -0.39 is 0 Å². The van der Waals surface area contributed by atoms with E-state index in [0.29, 0.717) is 0 Å². The Morgan fingerprint density at radius 2 is 1.33 bits per heavy atom. The van der Waals surface area contributed by atoms with Crippen molar-refractivity contribution in [1.82, 2.24) is 0 Å². The lowest BCUT2D eigenvalue weighted by atomic mass is 10.0. The summed E-state index contributed by atoms with van der Waals surface area (Å²) in [5.74, 6) is 1.58. The molecule has 2 unspecified atom stereocenters. The number of hydrogen-bond donors (Lipinski definition) is 0. The van der Waals surface area contributed by atoms with Gasteiger partial charge in [0, 0.05) is 13.2 Å². The molecule has 1 fully saturated rings. The highest BCUT2D eigenvalue weighted by Gasteiger charge is 2.18. The second kappa shape index (κ2) is 4.80. The van der Waals surface area contributed by atoms with Crippen molar-refractivity contribution in [1.29, 1.82) is 0 Å². The molecule has 0 spiro atoms. The molecule has 2 atom stereocenters. The molecular formula is C8H18O. The van der Waals surface area contributed by atoms with Crippen molar-refractivity contribution < 1.29 is 4.74 Å². The highest BCUT2D eigenvalue weighted by molar-refractivity contribution is 4.65. The van der Waals surface area contributed by atoms with Gasteiger partial charge in [-0.25, -0.2) is 0 Å². The van der Waals surface area contributed by atoms with E-state index in [0.717, 1.165) is 25.0 Å². The molecule has 0 N–H and O–H groups in total. The van der Waals surface area contributed by atoms with Crippen molar-refractivity contribution in [2.45, 2.75) is 27.7 Å². The highest BCUT2D eigenvalue weighted by Crippen LogP contribution is 2.17. The minimum absolute atomic E-state index is 0.792. The molecule has 0 aromatic carbocycles. The van der Waals surface area contributed by atoms with E-state index in [4.69, 9.17) is 4.74 Å². The molecule has 1 saturated heterocycles. The van der Waals surface area contributed by atoms with E-state index in [1.54, 1.807) is 0 Å². The normalized spacial score (nSPS) is 33.3. The Morgan fingerprint density at radius 3 is 1.44 bits per heavy atom. The molecule has 1 rings (SSSR count). The van der Waals surface area contributed by atoms with Crippen LogP contribution in [0.5, 0.6) is 0 Å². The molecule has 0 aromatic rings. The van der Waals surface area contributed by atoms with Gasteiger partial charge < -0.3 is 4.74 Å². The van der Waals surface area contributed by atoms with Crippen molar-refractivity contribution in [3.8, 4) is 0 Å². The van der Waals surface area contributed by atoms with Crippen molar-refractivity contribution in [2.24, 2.45) is 11.8 Å². The van der Waals surface area contributed by atoms with Gasteiger partial charge in [-0.1, -0.05) is 27.7 Å². The summed E-state index contributed by atoms with van der Waals surface area (Å²) >= 11 is 0. The predicted molar refractivity (Wildman–Crippen MR) is 40.5 cm³/mol. The zero-order valence-electron chi connectivity index (χ0n) is 6.98. The number of hydrogen-bond acceptors (Lipinski definition) is 1. The van der Waals surface area contributed by atoms with Crippen LogP contribution < -0.4 is 0 Å². The minimum atomic E-state index is 0.792. The molecule has 9 heavy (non-hydrogen) atoms. The minimum Gasteiger partial charge on any atom is -0.381 e. The van der Waals surface area contributed by atoms with Crippen LogP contribution in [0.1, 0.15) is 27.7 Å². The summed E-state index contributed by atoms with van der Waals surface area (Å²) in [4.78, 5) is 0. The quantitative estimate of drug-likeness (QED) is 0.489. The summed E-state index contributed by atoms with van der Waals surface area (Å²) in [6, 6.07) is 0. The molecule has 0 amide bonds. The van der Waals surface area contributed by atoms with Crippen LogP contribution in [0.3, 0.4) is 0 Å². The maximum atomic E-state index is 5.17. The maximum Gasteiger partial charge on any atom is 0.0495 e. The lowest BCUT2D eigenvalue weighted by Gasteiger charge is -2.01. The van der Waals surface area contributed by atoms with Crippen molar-refractivity contribution in [2.75, 3.05) is 13.2 Å². The van der Waals surface area contributed by atoms with Crippen molar-refractivity contribution in [3.05, 3.63) is 0 Å². The van der Waals surface area contributed by atoms with Gasteiger partial charge in [-0.2, -0.15) is 0 Å². The van der Waals surface area contributed by atoms with Gasteiger partial charge in [0.15, 0.2) is 0 Å². The Kier molecular flexibility index (Phi) is 4.78. The number of rotatable bonds is 0. The molecule has 1 heteroatoms. The number of ether oxygens (including phenoxy) is 1. The third kappa shape index (κ3) is 2.85. The van der Waals surface area contributed by atoms with E-state index in [2.05, 4.69) is 13.8 Å². The third-order valence-corrected chi connectivity index (χ3v) is 1.73. The Balaban J connectivity index is 0.000000291. The molecule has 0 aliphatic carbocycles. The van der Waals surface area contributed by atoms with Crippen LogP contribution in [0.25, 0.3) is 0 Å². The smallest absolute Gasteiger partial charge is 0.0495 e. The van der Waals surface area contributed by atoms with Crippen LogP contribution in [-0.4, -0.2) is 13.2 Å². The van der Waals surface area contributed by atoms with Gasteiger partial charge in [0.2, 0.25) is 0 Å². The molecule has 0 radical (unpaired) electrons. The zero-order valence-corrected chi connectivity index (χ0v) is 6.98. The van der Waals surface area contributed by atoms with Gasteiger partial charge in [0.25, 0.3) is 0 Å². The summed E-state index contributed by atoms with van der Waals surface area (Å²) in [7, 11) is 0. The summed E-state index contributed by atoms with van der Waals surface area (Å²) in [5.41, 5.74) is 0. The van der Waals surface area contributed by atoms with Crippen LogP contribution in [0.2, 0.25) is 0 Å². The average Bonchev–Trinajstić information content (AvgIpc) is 2.23. The summed E-state index contributed by atoms with van der Waals surface area (Å²) in [5, 5.41) is 0. The van der Waals surface area contributed by atoms with Crippen LogP contribution in [0.4, 0.5) is 0 Å². The molecule has 1 heterocycles. The van der Waals surface area contributed by atoms with Crippen LogP contribution in [-0.2, 0) is 4.74 Å². The molecule has 0 bridgehead atoms. The van der Waals surface area contributed by atoms with E-state index in [-0.39, 0.29) is 0 Å². The molecule has 0 aromatic heterocycles. The predicted octanol–water partition coefficient (Wildman–Crippen LogP) is 2.32. The second-order valence-electron chi connectivity index (χ2n) is 2.49. The van der Waals surface area contributed by atoms with Crippen molar-refractivity contribution >= 4 is 0 Å². The van der Waals surface area contributed by atoms with E-state index in [1.165, 1.54) is 0 Å². The van der Waals surface area contributed by atoms with Crippen LogP contribution >= 0.6 is 0 Å². The fourth-order valence-corrected chi connectivity index (χ4v) is 0.768. The first-order valence-corrected chi connectivity index (χ1v) is 3.88. The third-order valence-electron chi connectivity index (χ3n) is 1.73. The molecule has 0 saturated carbocycles. The van der Waals surface area contributed by atoms with Gasteiger partial charge in [-0.05, 0) is 11.8 Å². The van der Waals surface area contributed by atoms with Gasteiger partial charge in [0.1, 0.15) is 0 Å². The van der Waals surface area contributed by atoms with E-state index >= 15 is 0 Å². The van der Waals surface area contributed by atoms with Gasteiger partial charge in [-0.15, -0.1) is 0 Å². The summed E-state index contributed by atoms with van der Waals surface area (Å²) in [6.45, 7) is 10.4. The zero-order chi connectivity index (χ0) is 7.28. The average molecular weight is 130 g/mol. The molecular weight excluding hydrogens is 112 g/mol.